The van der Waals surface area contributed by atoms with E-state index in [9.17, 15) is 4.79 Å². The Kier molecular flexibility index (Phi) is 3.31. The molecule has 0 spiro atoms. The molecule has 0 saturated heterocycles. The number of hydrogen-bond donors (Lipinski definition) is 1. The standard InChI is InChI=1S/C10H7Cl2N3O2/c1-5-2-3-17-7(5)10(16)15-6-8(11)13-4-14-9(6)12/h2-4H,1H3,(H,15,16). The fraction of sp³-hybridized carbons (Fsp3) is 0.100. The molecule has 0 aromatic carbocycles. The van der Waals surface area contributed by atoms with Gasteiger partial charge in [0.2, 0.25) is 0 Å². The summed E-state index contributed by atoms with van der Waals surface area (Å²) in [6.07, 6.45) is 2.63. The molecule has 0 bridgehead atoms. The Morgan fingerprint density at radius 3 is 2.53 bits per heavy atom. The highest BCUT2D eigenvalue weighted by Gasteiger charge is 2.17. The van der Waals surface area contributed by atoms with Gasteiger partial charge in [-0.3, -0.25) is 4.79 Å². The molecule has 17 heavy (non-hydrogen) atoms. The molecule has 2 rings (SSSR count). The average Bonchev–Trinajstić information content (AvgIpc) is 2.70. The fourth-order valence-electron chi connectivity index (χ4n) is 1.22. The molecular weight excluding hydrogens is 265 g/mol. The molecule has 1 amide bonds. The summed E-state index contributed by atoms with van der Waals surface area (Å²) in [6.45, 7) is 1.75. The maximum atomic E-state index is 11.8. The largest absolute Gasteiger partial charge is 0.459 e. The van der Waals surface area contributed by atoms with E-state index in [1.807, 2.05) is 0 Å². The van der Waals surface area contributed by atoms with Crippen LogP contribution in [0.3, 0.4) is 0 Å². The van der Waals surface area contributed by atoms with Crippen molar-refractivity contribution in [3.8, 4) is 0 Å². The Morgan fingerprint density at radius 2 is 2.00 bits per heavy atom. The van der Waals surface area contributed by atoms with Crippen LogP contribution < -0.4 is 5.32 Å². The first kappa shape index (κ1) is 11.9. The predicted molar refractivity (Wildman–Crippen MR) is 63.5 cm³/mol. The van der Waals surface area contributed by atoms with Crippen LogP contribution in [0.5, 0.6) is 0 Å². The second kappa shape index (κ2) is 4.73. The zero-order chi connectivity index (χ0) is 12.4. The van der Waals surface area contributed by atoms with Gasteiger partial charge in [0.15, 0.2) is 16.1 Å². The van der Waals surface area contributed by atoms with Crippen LogP contribution in [0.15, 0.2) is 23.1 Å². The van der Waals surface area contributed by atoms with Gasteiger partial charge in [0.1, 0.15) is 12.0 Å². The number of halogens is 2. The molecule has 2 aromatic rings. The van der Waals surface area contributed by atoms with Crippen LogP contribution in [0.25, 0.3) is 0 Å². The number of carbonyl (C=O) groups is 1. The maximum Gasteiger partial charge on any atom is 0.291 e. The van der Waals surface area contributed by atoms with E-state index in [0.29, 0.717) is 5.56 Å². The molecule has 0 aliphatic rings. The number of aromatic nitrogens is 2. The average molecular weight is 272 g/mol. The van der Waals surface area contributed by atoms with Crippen molar-refractivity contribution >= 4 is 34.8 Å². The Bertz CT molecular complexity index is 548. The van der Waals surface area contributed by atoms with Crippen LogP contribution in [-0.4, -0.2) is 15.9 Å². The van der Waals surface area contributed by atoms with Crippen molar-refractivity contribution in [1.29, 1.82) is 0 Å². The van der Waals surface area contributed by atoms with E-state index in [1.54, 1.807) is 13.0 Å². The topological polar surface area (TPSA) is 68.0 Å². The lowest BCUT2D eigenvalue weighted by atomic mass is 10.2. The number of nitrogens with one attached hydrogen (secondary N) is 1. The smallest absolute Gasteiger partial charge is 0.291 e. The third kappa shape index (κ3) is 2.40. The number of anilines is 1. The van der Waals surface area contributed by atoms with Gasteiger partial charge in [-0.1, -0.05) is 23.2 Å². The van der Waals surface area contributed by atoms with Crippen molar-refractivity contribution in [2.75, 3.05) is 5.32 Å². The highest BCUT2D eigenvalue weighted by atomic mass is 35.5. The van der Waals surface area contributed by atoms with Crippen LogP contribution in [0, 0.1) is 6.92 Å². The lowest BCUT2D eigenvalue weighted by molar-refractivity contribution is 0.0996. The molecule has 0 unspecified atom stereocenters. The van der Waals surface area contributed by atoms with Crippen molar-refractivity contribution < 1.29 is 9.21 Å². The van der Waals surface area contributed by atoms with E-state index >= 15 is 0 Å². The van der Waals surface area contributed by atoms with Gasteiger partial charge in [-0.15, -0.1) is 0 Å². The van der Waals surface area contributed by atoms with Gasteiger partial charge in [-0.25, -0.2) is 9.97 Å². The third-order valence-electron chi connectivity index (χ3n) is 2.06. The first-order valence-corrected chi connectivity index (χ1v) is 5.36. The normalized spacial score (nSPS) is 10.3. The van der Waals surface area contributed by atoms with Crippen LogP contribution in [0.2, 0.25) is 10.3 Å². The highest BCUT2D eigenvalue weighted by Crippen LogP contribution is 2.26. The Hall–Kier alpha value is -1.59. The summed E-state index contributed by atoms with van der Waals surface area (Å²) in [5.74, 6) is -0.257. The van der Waals surface area contributed by atoms with Crippen molar-refractivity contribution in [1.82, 2.24) is 9.97 Å². The van der Waals surface area contributed by atoms with Crippen molar-refractivity contribution in [2.45, 2.75) is 6.92 Å². The van der Waals surface area contributed by atoms with E-state index in [-0.39, 0.29) is 21.8 Å². The van der Waals surface area contributed by atoms with Crippen molar-refractivity contribution in [2.24, 2.45) is 0 Å². The molecule has 5 nitrogen and oxygen atoms in total. The number of rotatable bonds is 2. The molecule has 88 valence electrons. The first-order chi connectivity index (χ1) is 8.09. The maximum absolute atomic E-state index is 11.8. The molecule has 0 radical (unpaired) electrons. The van der Waals surface area contributed by atoms with E-state index < -0.39 is 5.91 Å². The molecule has 0 fully saturated rings. The summed E-state index contributed by atoms with van der Waals surface area (Å²) < 4.78 is 5.04. The highest BCUT2D eigenvalue weighted by molar-refractivity contribution is 6.38. The SMILES string of the molecule is Cc1ccoc1C(=O)Nc1c(Cl)ncnc1Cl. The fourth-order valence-corrected chi connectivity index (χ4v) is 1.63. The molecule has 2 heterocycles. The lowest BCUT2D eigenvalue weighted by Gasteiger charge is -2.06. The zero-order valence-electron chi connectivity index (χ0n) is 8.70. The van der Waals surface area contributed by atoms with E-state index in [1.165, 1.54) is 12.6 Å². The predicted octanol–water partition coefficient (Wildman–Crippen LogP) is 2.94. The number of aryl methyl sites for hydroxylation is 1. The van der Waals surface area contributed by atoms with Gasteiger partial charge in [-0.2, -0.15) is 0 Å². The minimum absolute atomic E-state index is 0.0718. The summed E-state index contributed by atoms with van der Waals surface area (Å²) in [5, 5.41) is 2.64. The molecule has 0 saturated carbocycles. The van der Waals surface area contributed by atoms with Gasteiger partial charge in [0, 0.05) is 5.56 Å². The van der Waals surface area contributed by atoms with Gasteiger partial charge in [0.05, 0.1) is 6.26 Å². The van der Waals surface area contributed by atoms with Gasteiger partial charge in [-0.05, 0) is 13.0 Å². The van der Waals surface area contributed by atoms with E-state index in [0.717, 1.165) is 0 Å². The summed E-state index contributed by atoms with van der Waals surface area (Å²) in [6, 6.07) is 1.68. The van der Waals surface area contributed by atoms with Gasteiger partial charge in [0.25, 0.3) is 5.91 Å². The van der Waals surface area contributed by atoms with E-state index in [4.69, 9.17) is 27.6 Å². The minimum atomic E-state index is -0.453. The Morgan fingerprint density at radius 1 is 1.35 bits per heavy atom. The lowest BCUT2D eigenvalue weighted by Crippen LogP contribution is -2.13. The zero-order valence-corrected chi connectivity index (χ0v) is 10.2. The number of nitrogens with zero attached hydrogens (tertiary/aromatic N) is 2. The van der Waals surface area contributed by atoms with Crippen LogP contribution in [0.4, 0.5) is 5.69 Å². The Labute approximate surface area is 107 Å². The third-order valence-corrected chi connectivity index (χ3v) is 2.63. The second-order valence-corrected chi connectivity index (χ2v) is 3.93. The van der Waals surface area contributed by atoms with Crippen molar-refractivity contribution in [3.63, 3.8) is 0 Å². The molecular formula is C10H7Cl2N3O2. The molecule has 7 heteroatoms. The minimum Gasteiger partial charge on any atom is -0.459 e. The molecule has 0 atom stereocenters. The number of furan rings is 1. The quantitative estimate of drug-likeness (QED) is 0.853. The summed E-state index contributed by atoms with van der Waals surface area (Å²) in [5.41, 5.74) is 0.878. The number of amides is 1. The van der Waals surface area contributed by atoms with Gasteiger partial charge >= 0.3 is 0 Å². The molecule has 0 aliphatic carbocycles. The van der Waals surface area contributed by atoms with E-state index in [2.05, 4.69) is 15.3 Å². The number of carbonyl (C=O) groups excluding carboxylic acids is 1. The Balaban J connectivity index is 2.28. The monoisotopic (exact) mass is 271 g/mol. The molecule has 1 N–H and O–H groups in total. The van der Waals surface area contributed by atoms with Crippen molar-refractivity contribution in [3.05, 3.63) is 40.3 Å². The molecule has 2 aromatic heterocycles. The first-order valence-electron chi connectivity index (χ1n) is 4.61. The summed E-state index contributed by atoms with van der Waals surface area (Å²) in [4.78, 5) is 19.3. The van der Waals surface area contributed by atoms with Crippen LogP contribution in [-0.2, 0) is 0 Å². The van der Waals surface area contributed by atoms with Crippen LogP contribution in [0.1, 0.15) is 16.1 Å². The second-order valence-electron chi connectivity index (χ2n) is 3.22. The number of hydrogen-bond acceptors (Lipinski definition) is 4. The summed E-state index contributed by atoms with van der Waals surface area (Å²) >= 11 is 11.6. The van der Waals surface area contributed by atoms with Crippen LogP contribution >= 0.6 is 23.2 Å². The summed E-state index contributed by atoms with van der Waals surface area (Å²) in [7, 11) is 0. The molecule has 0 aliphatic heterocycles. The van der Waals surface area contributed by atoms with Gasteiger partial charge < -0.3 is 9.73 Å².